The predicted octanol–water partition coefficient (Wildman–Crippen LogP) is 3.92. The zero-order chi connectivity index (χ0) is 23.8. The first-order chi connectivity index (χ1) is 15.8. The first-order valence-electron chi connectivity index (χ1n) is 10.2. The van der Waals surface area contributed by atoms with Crippen LogP contribution in [-0.4, -0.2) is 34.5 Å². The first kappa shape index (κ1) is 24.2. The molecule has 0 spiro atoms. The molecule has 0 saturated carbocycles. The molecule has 0 aliphatic heterocycles. The van der Waals surface area contributed by atoms with Crippen LogP contribution >= 0.6 is 0 Å². The second-order valence-corrected chi connectivity index (χ2v) is 9.11. The number of ether oxygens (including phenoxy) is 1. The van der Waals surface area contributed by atoms with Crippen molar-refractivity contribution >= 4 is 21.6 Å². The Balaban J connectivity index is 1.67. The molecule has 3 aromatic rings. The lowest BCUT2D eigenvalue weighted by Crippen LogP contribution is -2.41. The lowest BCUT2D eigenvalue weighted by molar-refractivity contribution is -0.119. The Bertz CT molecular complexity index is 1170. The number of hydrogen-bond acceptors (Lipinski definition) is 4. The lowest BCUT2D eigenvalue weighted by atomic mass is 10.1. The SMILES string of the molecule is COc1ccc(CCCNC(=O)CN(c2ccc(F)cc2)S(=O)(=O)c2ccc(F)cc2)cc1. The Morgan fingerprint density at radius 2 is 1.48 bits per heavy atom. The van der Waals surface area contributed by atoms with Gasteiger partial charge in [0.2, 0.25) is 5.91 Å². The standard InChI is InChI=1S/C24H24F2N2O4S/c1-32-22-12-4-18(5-13-22)3-2-16-27-24(29)17-28(21-10-6-19(25)7-11-21)33(30,31)23-14-8-20(26)9-15-23/h4-15H,2-3,16-17H2,1H3,(H,27,29). The number of carbonyl (C=O) groups is 1. The summed E-state index contributed by atoms with van der Waals surface area (Å²) < 4.78 is 58.9. The van der Waals surface area contributed by atoms with Gasteiger partial charge >= 0.3 is 0 Å². The van der Waals surface area contributed by atoms with Gasteiger partial charge in [-0.15, -0.1) is 0 Å². The lowest BCUT2D eigenvalue weighted by Gasteiger charge is -2.24. The molecule has 3 rings (SSSR count). The molecule has 0 fully saturated rings. The van der Waals surface area contributed by atoms with Gasteiger partial charge in [0.1, 0.15) is 23.9 Å². The molecule has 9 heteroatoms. The summed E-state index contributed by atoms with van der Waals surface area (Å²) in [7, 11) is -2.59. The summed E-state index contributed by atoms with van der Waals surface area (Å²) in [4.78, 5) is 12.4. The summed E-state index contributed by atoms with van der Waals surface area (Å²) in [6, 6.07) is 16.6. The monoisotopic (exact) mass is 474 g/mol. The number of rotatable bonds is 10. The maximum Gasteiger partial charge on any atom is 0.264 e. The second-order valence-electron chi connectivity index (χ2n) is 7.24. The highest BCUT2D eigenvalue weighted by atomic mass is 32.2. The van der Waals surface area contributed by atoms with Gasteiger partial charge in [-0.05, 0) is 79.1 Å². The van der Waals surface area contributed by atoms with Crippen molar-refractivity contribution in [3.63, 3.8) is 0 Å². The Morgan fingerprint density at radius 1 is 0.909 bits per heavy atom. The minimum atomic E-state index is -4.19. The number of sulfonamides is 1. The van der Waals surface area contributed by atoms with Gasteiger partial charge in [-0.25, -0.2) is 17.2 Å². The van der Waals surface area contributed by atoms with Crippen LogP contribution in [0.5, 0.6) is 5.75 Å². The largest absolute Gasteiger partial charge is 0.497 e. The molecule has 0 aromatic heterocycles. The molecular weight excluding hydrogens is 450 g/mol. The third-order valence-corrected chi connectivity index (χ3v) is 6.71. The van der Waals surface area contributed by atoms with E-state index in [9.17, 15) is 22.0 Å². The maximum absolute atomic E-state index is 13.4. The molecule has 0 atom stereocenters. The van der Waals surface area contributed by atoms with Crippen LogP contribution in [0.1, 0.15) is 12.0 Å². The van der Waals surface area contributed by atoms with E-state index in [1.807, 2.05) is 24.3 Å². The van der Waals surface area contributed by atoms with Crippen molar-refractivity contribution in [3.8, 4) is 5.75 Å². The first-order valence-corrected chi connectivity index (χ1v) is 11.7. The van der Waals surface area contributed by atoms with Crippen molar-refractivity contribution < 1.29 is 26.7 Å². The van der Waals surface area contributed by atoms with Gasteiger partial charge in [0.25, 0.3) is 10.0 Å². The molecule has 0 aliphatic rings. The van der Waals surface area contributed by atoms with E-state index in [1.165, 1.54) is 12.1 Å². The van der Waals surface area contributed by atoms with Crippen molar-refractivity contribution in [1.29, 1.82) is 0 Å². The predicted molar refractivity (Wildman–Crippen MR) is 122 cm³/mol. The quantitative estimate of drug-likeness (QED) is 0.452. The number of hydrogen-bond donors (Lipinski definition) is 1. The molecule has 0 radical (unpaired) electrons. The van der Waals surface area contributed by atoms with Crippen LogP contribution < -0.4 is 14.4 Å². The fourth-order valence-electron chi connectivity index (χ4n) is 3.16. The number of benzene rings is 3. The Labute approximate surface area is 191 Å². The topological polar surface area (TPSA) is 75.7 Å². The van der Waals surface area contributed by atoms with E-state index in [4.69, 9.17) is 4.74 Å². The summed E-state index contributed by atoms with van der Waals surface area (Å²) in [6.07, 6.45) is 1.37. The summed E-state index contributed by atoms with van der Waals surface area (Å²) in [5.41, 5.74) is 1.20. The average molecular weight is 475 g/mol. The fraction of sp³-hybridized carbons (Fsp3) is 0.208. The zero-order valence-corrected chi connectivity index (χ0v) is 18.8. The third kappa shape index (κ3) is 6.52. The number of anilines is 1. The Hall–Kier alpha value is -3.46. The van der Waals surface area contributed by atoms with Gasteiger partial charge in [0.05, 0.1) is 17.7 Å². The number of nitrogens with zero attached hydrogens (tertiary/aromatic N) is 1. The summed E-state index contributed by atoms with van der Waals surface area (Å²) in [5.74, 6) is -0.882. The number of methoxy groups -OCH3 is 1. The van der Waals surface area contributed by atoms with E-state index in [0.29, 0.717) is 13.0 Å². The van der Waals surface area contributed by atoms with Crippen LogP contribution in [-0.2, 0) is 21.2 Å². The Morgan fingerprint density at radius 3 is 2.06 bits per heavy atom. The van der Waals surface area contributed by atoms with E-state index >= 15 is 0 Å². The van der Waals surface area contributed by atoms with Crippen molar-refractivity contribution in [1.82, 2.24) is 5.32 Å². The van der Waals surface area contributed by atoms with Crippen LogP contribution in [0.4, 0.5) is 14.5 Å². The summed E-state index contributed by atoms with van der Waals surface area (Å²) in [6.45, 7) is -0.160. The second kappa shape index (κ2) is 10.9. The molecule has 0 unspecified atom stereocenters. The molecule has 174 valence electrons. The van der Waals surface area contributed by atoms with E-state index < -0.39 is 34.1 Å². The molecule has 0 heterocycles. The van der Waals surface area contributed by atoms with Crippen LogP contribution in [0.25, 0.3) is 0 Å². The molecule has 1 amide bonds. The van der Waals surface area contributed by atoms with Gasteiger partial charge in [-0.3, -0.25) is 9.10 Å². The maximum atomic E-state index is 13.4. The normalized spacial score (nSPS) is 11.1. The van der Waals surface area contributed by atoms with Crippen LogP contribution in [0.15, 0.2) is 77.7 Å². The van der Waals surface area contributed by atoms with Gasteiger partial charge in [-0.1, -0.05) is 12.1 Å². The number of carbonyl (C=O) groups excluding carboxylic acids is 1. The van der Waals surface area contributed by atoms with Gasteiger partial charge in [0, 0.05) is 6.54 Å². The van der Waals surface area contributed by atoms with E-state index in [1.54, 1.807) is 7.11 Å². The molecule has 33 heavy (non-hydrogen) atoms. The fourth-order valence-corrected chi connectivity index (χ4v) is 4.58. The van der Waals surface area contributed by atoms with Crippen molar-refractivity contribution in [2.24, 2.45) is 0 Å². The Kier molecular flexibility index (Phi) is 8.00. The van der Waals surface area contributed by atoms with Crippen molar-refractivity contribution in [3.05, 3.63) is 90.0 Å². The molecule has 6 nitrogen and oxygen atoms in total. The third-order valence-electron chi connectivity index (χ3n) is 4.93. The summed E-state index contributed by atoms with van der Waals surface area (Å²) >= 11 is 0. The van der Waals surface area contributed by atoms with Crippen molar-refractivity contribution in [2.75, 3.05) is 24.5 Å². The van der Waals surface area contributed by atoms with Gasteiger partial charge in [-0.2, -0.15) is 0 Å². The van der Waals surface area contributed by atoms with E-state index in [2.05, 4.69) is 5.32 Å². The van der Waals surface area contributed by atoms with Crippen molar-refractivity contribution in [2.45, 2.75) is 17.7 Å². The van der Waals surface area contributed by atoms with Gasteiger partial charge < -0.3 is 10.1 Å². The molecule has 1 N–H and O–H groups in total. The zero-order valence-electron chi connectivity index (χ0n) is 18.0. The smallest absolute Gasteiger partial charge is 0.264 e. The number of halogens is 2. The highest BCUT2D eigenvalue weighted by Gasteiger charge is 2.27. The van der Waals surface area contributed by atoms with Crippen LogP contribution in [0, 0.1) is 11.6 Å². The molecule has 0 saturated heterocycles. The molecule has 0 aliphatic carbocycles. The summed E-state index contributed by atoms with van der Waals surface area (Å²) in [5, 5.41) is 2.72. The highest BCUT2D eigenvalue weighted by molar-refractivity contribution is 7.92. The highest BCUT2D eigenvalue weighted by Crippen LogP contribution is 2.24. The molecule has 3 aromatic carbocycles. The number of aryl methyl sites for hydroxylation is 1. The number of nitrogens with one attached hydrogen (secondary N) is 1. The van der Waals surface area contributed by atoms with Gasteiger partial charge in [0.15, 0.2) is 0 Å². The molecule has 0 bridgehead atoms. The van der Waals surface area contributed by atoms with Crippen LogP contribution in [0.2, 0.25) is 0 Å². The van der Waals surface area contributed by atoms with E-state index in [-0.39, 0.29) is 10.6 Å². The minimum Gasteiger partial charge on any atom is -0.497 e. The number of amides is 1. The van der Waals surface area contributed by atoms with Crippen LogP contribution in [0.3, 0.4) is 0 Å². The van der Waals surface area contributed by atoms with E-state index in [0.717, 1.165) is 58.4 Å². The molecular formula is C24H24F2N2O4S. The average Bonchev–Trinajstić information content (AvgIpc) is 2.81. The minimum absolute atomic E-state index is 0.120.